The smallest absolute Gasteiger partial charge is 0.221 e. The van der Waals surface area contributed by atoms with E-state index in [4.69, 9.17) is 10.5 Å². The maximum absolute atomic E-state index is 11.3. The molecule has 0 unspecified atom stereocenters. The van der Waals surface area contributed by atoms with Crippen LogP contribution < -0.4 is 16.4 Å². The summed E-state index contributed by atoms with van der Waals surface area (Å²) in [6.45, 7) is 1.59. The lowest BCUT2D eigenvalue weighted by atomic mass is 10.3. The number of amides is 1. The summed E-state index contributed by atoms with van der Waals surface area (Å²) in [5, 5.41) is 5.81. The number of nitrogens with one attached hydrogen (secondary N) is 2. The number of carbonyl (C=O) groups is 1. The van der Waals surface area contributed by atoms with Crippen molar-refractivity contribution in [2.75, 3.05) is 37.9 Å². The first-order valence-electron chi connectivity index (χ1n) is 5.43. The lowest BCUT2D eigenvalue weighted by Crippen LogP contribution is -2.28. The predicted octanol–water partition coefficient (Wildman–Crippen LogP) is 0.228. The van der Waals surface area contributed by atoms with Gasteiger partial charge in [-0.25, -0.2) is 0 Å². The molecule has 0 fully saturated rings. The normalized spacial score (nSPS) is 9.94. The Morgan fingerprint density at radius 2 is 2.35 bits per heavy atom. The lowest BCUT2D eigenvalue weighted by Gasteiger charge is -2.08. The summed E-state index contributed by atoms with van der Waals surface area (Å²) >= 11 is 0. The van der Waals surface area contributed by atoms with Crippen LogP contribution in [0.3, 0.4) is 0 Å². The van der Waals surface area contributed by atoms with Gasteiger partial charge in [0.25, 0.3) is 0 Å². The Labute approximate surface area is 101 Å². The van der Waals surface area contributed by atoms with E-state index in [1.807, 2.05) is 0 Å². The van der Waals surface area contributed by atoms with E-state index in [1.54, 1.807) is 25.6 Å². The first kappa shape index (κ1) is 13.2. The van der Waals surface area contributed by atoms with E-state index in [-0.39, 0.29) is 5.91 Å². The van der Waals surface area contributed by atoms with E-state index in [2.05, 4.69) is 15.6 Å². The summed E-state index contributed by atoms with van der Waals surface area (Å²) in [4.78, 5) is 15.2. The van der Waals surface area contributed by atoms with Crippen molar-refractivity contribution < 1.29 is 9.53 Å². The summed E-state index contributed by atoms with van der Waals surface area (Å²) in [5.41, 5.74) is 7.07. The number of methoxy groups -OCH3 is 1. The molecule has 6 nitrogen and oxygen atoms in total. The van der Waals surface area contributed by atoms with Crippen molar-refractivity contribution in [1.82, 2.24) is 10.3 Å². The van der Waals surface area contributed by atoms with Crippen LogP contribution in [0.4, 0.5) is 11.4 Å². The topological polar surface area (TPSA) is 89.3 Å². The fraction of sp³-hybridized carbons (Fsp3) is 0.455. The average Bonchev–Trinajstić information content (AvgIpc) is 2.32. The van der Waals surface area contributed by atoms with Gasteiger partial charge in [-0.3, -0.25) is 9.78 Å². The first-order chi connectivity index (χ1) is 8.24. The minimum absolute atomic E-state index is 0.0119. The molecule has 0 saturated heterocycles. The molecule has 1 aromatic rings. The van der Waals surface area contributed by atoms with Gasteiger partial charge in [0.15, 0.2) is 0 Å². The zero-order valence-electron chi connectivity index (χ0n) is 9.90. The highest BCUT2D eigenvalue weighted by molar-refractivity contribution is 5.76. The quantitative estimate of drug-likeness (QED) is 0.592. The number of hydrogen-bond donors (Lipinski definition) is 3. The summed E-state index contributed by atoms with van der Waals surface area (Å²) in [6.07, 6.45) is 3.61. The fourth-order valence-electron chi connectivity index (χ4n) is 1.26. The maximum Gasteiger partial charge on any atom is 0.221 e. The molecule has 0 radical (unpaired) electrons. The highest BCUT2D eigenvalue weighted by atomic mass is 16.5. The van der Waals surface area contributed by atoms with Crippen molar-refractivity contribution in [2.24, 2.45) is 0 Å². The molecule has 1 rings (SSSR count). The zero-order valence-corrected chi connectivity index (χ0v) is 9.90. The minimum Gasteiger partial charge on any atom is -0.396 e. The van der Waals surface area contributed by atoms with Gasteiger partial charge in [-0.2, -0.15) is 0 Å². The molecule has 1 heterocycles. The van der Waals surface area contributed by atoms with Gasteiger partial charge >= 0.3 is 0 Å². The summed E-state index contributed by atoms with van der Waals surface area (Å²) < 4.78 is 4.83. The Morgan fingerprint density at radius 3 is 3.06 bits per heavy atom. The Balaban J connectivity index is 2.19. The number of aromatic nitrogens is 1. The van der Waals surface area contributed by atoms with Crippen molar-refractivity contribution in [3.05, 3.63) is 18.5 Å². The molecule has 0 atom stereocenters. The van der Waals surface area contributed by atoms with Crippen LogP contribution in [0.15, 0.2) is 18.5 Å². The second-order valence-corrected chi connectivity index (χ2v) is 3.48. The SMILES string of the molecule is COCCNC(=O)CCNc1ccncc1N. The molecular formula is C11H18N4O2. The molecular weight excluding hydrogens is 220 g/mol. The van der Waals surface area contributed by atoms with Crippen molar-refractivity contribution in [1.29, 1.82) is 0 Å². The number of hydrogen-bond acceptors (Lipinski definition) is 5. The van der Waals surface area contributed by atoms with Crippen molar-refractivity contribution in [3.63, 3.8) is 0 Å². The van der Waals surface area contributed by atoms with E-state index in [1.165, 1.54) is 0 Å². The van der Waals surface area contributed by atoms with Crippen LogP contribution in [0.25, 0.3) is 0 Å². The van der Waals surface area contributed by atoms with Gasteiger partial charge < -0.3 is 21.1 Å². The molecule has 17 heavy (non-hydrogen) atoms. The molecule has 0 bridgehead atoms. The van der Waals surface area contributed by atoms with Gasteiger partial charge in [0, 0.05) is 32.8 Å². The highest BCUT2D eigenvalue weighted by Gasteiger charge is 2.01. The van der Waals surface area contributed by atoms with Crippen molar-refractivity contribution in [2.45, 2.75) is 6.42 Å². The minimum atomic E-state index is -0.0119. The third-order valence-electron chi connectivity index (χ3n) is 2.15. The van der Waals surface area contributed by atoms with Crippen LogP contribution in [-0.2, 0) is 9.53 Å². The van der Waals surface area contributed by atoms with Crippen molar-refractivity contribution >= 4 is 17.3 Å². The molecule has 0 saturated carbocycles. The largest absolute Gasteiger partial charge is 0.396 e. The molecule has 1 amide bonds. The molecule has 94 valence electrons. The highest BCUT2D eigenvalue weighted by Crippen LogP contribution is 2.14. The van der Waals surface area contributed by atoms with Gasteiger partial charge in [0.05, 0.1) is 24.2 Å². The Hall–Kier alpha value is -1.82. The number of nitrogens with zero attached hydrogens (tertiary/aromatic N) is 1. The fourth-order valence-corrected chi connectivity index (χ4v) is 1.26. The first-order valence-corrected chi connectivity index (χ1v) is 5.43. The Kier molecular flexibility index (Phi) is 5.81. The number of rotatable bonds is 7. The molecule has 0 aliphatic heterocycles. The van der Waals surface area contributed by atoms with E-state index in [0.29, 0.717) is 31.8 Å². The third-order valence-corrected chi connectivity index (χ3v) is 2.15. The lowest BCUT2D eigenvalue weighted by molar-refractivity contribution is -0.121. The van der Waals surface area contributed by atoms with E-state index < -0.39 is 0 Å². The molecule has 0 aromatic carbocycles. The second-order valence-electron chi connectivity index (χ2n) is 3.48. The monoisotopic (exact) mass is 238 g/mol. The maximum atomic E-state index is 11.3. The summed E-state index contributed by atoms with van der Waals surface area (Å²) in [6, 6.07) is 1.78. The Morgan fingerprint density at radius 1 is 1.53 bits per heavy atom. The van der Waals surface area contributed by atoms with Crippen LogP contribution in [0.2, 0.25) is 0 Å². The van der Waals surface area contributed by atoms with Gasteiger partial charge in [-0.15, -0.1) is 0 Å². The molecule has 4 N–H and O–H groups in total. The van der Waals surface area contributed by atoms with E-state index >= 15 is 0 Å². The number of pyridine rings is 1. The van der Waals surface area contributed by atoms with Crippen LogP contribution in [-0.4, -0.2) is 37.7 Å². The second kappa shape index (κ2) is 7.45. The van der Waals surface area contributed by atoms with Crippen molar-refractivity contribution in [3.8, 4) is 0 Å². The van der Waals surface area contributed by atoms with E-state index in [0.717, 1.165) is 5.69 Å². The zero-order chi connectivity index (χ0) is 12.5. The summed E-state index contributed by atoms with van der Waals surface area (Å²) in [7, 11) is 1.60. The van der Waals surface area contributed by atoms with Crippen LogP contribution >= 0.6 is 0 Å². The number of nitrogens with two attached hydrogens (primary N) is 1. The molecule has 0 aliphatic rings. The number of anilines is 2. The third kappa shape index (κ3) is 5.17. The van der Waals surface area contributed by atoms with Gasteiger partial charge in [-0.1, -0.05) is 0 Å². The number of carbonyl (C=O) groups excluding carboxylic acids is 1. The van der Waals surface area contributed by atoms with Crippen LogP contribution in [0.1, 0.15) is 6.42 Å². The molecule has 0 spiro atoms. The molecule has 6 heteroatoms. The van der Waals surface area contributed by atoms with E-state index in [9.17, 15) is 4.79 Å². The number of nitrogen functional groups attached to an aromatic ring is 1. The van der Waals surface area contributed by atoms with Crippen LogP contribution in [0, 0.1) is 0 Å². The Bertz CT molecular complexity index is 357. The number of ether oxygens (including phenoxy) is 1. The molecule has 1 aromatic heterocycles. The predicted molar refractivity (Wildman–Crippen MR) is 66.6 cm³/mol. The van der Waals surface area contributed by atoms with Gasteiger partial charge in [0.1, 0.15) is 0 Å². The van der Waals surface area contributed by atoms with Crippen LogP contribution in [0.5, 0.6) is 0 Å². The van der Waals surface area contributed by atoms with Gasteiger partial charge in [-0.05, 0) is 6.07 Å². The molecule has 0 aliphatic carbocycles. The van der Waals surface area contributed by atoms with Gasteiger partial charge in [0.2, 0.25) is 5.91 Å². The standard InChI is InChI=1S/C11H18N4O2/c1-17-7-6-15-11(16)3-5-14-10-2-4-13-8-9(10)12/h2,4,8H,3,5-7,12H2,1H3,(H,13,14)(H,15,16). The average molecular weight is 238 g/mol. The summed E-state index contributed by atoms with van der Waals surface area (Å²) in [5.74, 6) is -0.0119.